The van der Waals surface area contributed by atoms with Crippen LogP contribution >= 0.6 is 0 Å². The van der Waals surface area contributed by atoms with Crippen molar-refractivity contribution < 1.29 is 24.2 Å². The molecule has 0 aliphatic carbocycles. The number of carbonyl (C=O) groups excluding carboxylic acids is 2. The van der Waals surface area contributed by atoms with Gasteiger partial charge in [-0.1, -0.05) is 24.3 Å². The average molecular weight is 462 g/mol. The van der Waals surface area contributed by atoms with Crippen LogP contribution in [0.2, 0.25) is 0 Å². The first kappa shape index (κ1) is 23.1. The fourth-order valence-electron chi connectivity index (χ4n) is 4.14. The van der Waals surface area contributed by atoms with E-state index < -0.39 is 17.7 Å². The first-order valence-electron chi connectivity index (χ1n) is 11.1. The van der Waals surface area contributed by atoms with Crippen LogP contribution in [0, 0.1) is 0 Å². The molecule has 1 amide bonds. The SMILES string of the molecule is CCOc1ccc([C@H]2C(=C(O)c3cccc(OC)c3)C(=O)C(=O)N2CCCn2ccnc2)cc1. The first-order valence-corrected chi connectivity index (χ1v) is 11.1. The molecule has 34 heavy (non-hydrogen) atoms. The number of imidazole rings is 1. The number of ketones is 1. The fourth-order valence-corrected chi connectivity index (χ4v) is 4.14. The quantitative estimate of drug-likeness (QED) is 0.296. The maximum atomic E-state index is 13.1. The van der Waals surface area contributed by atoms with Gasteiger partial charge >= 0.3 is 0 Å². The molecule has 8 heteroatoms. The van der Waals surface area contributed by atoms with Gasteiger partial charge in [0.1, 0.15) is 17.3 Å². The summed E-state index contributed by atoms with van der Waals surface area (Å²) in [6.45, 7) is 3.42. The van der Waals surface area contributed by atoms with Crippen molar-refractivity contribution in [1.29, 1.82) is 0 Å². The number of likely N-dealkylation sites (tertiary alicyclic amines) is 1. The number of ether oxygens (including phenoxy) is 2. The number of benzene rings is 2. The van der Waals surface area contributed by atoms with Crippen molar-refractivity contribution in [2.24, 2.45) is 0 Å². The maximum absolute atomic E-state index is 13.1. The van der Waals surface area contributed by atoms with Crippen molar-refractivity contribution in [3.63, 3.8) is 0 Å². The molecule has 4 rings (SSSR count). The molecule has 1 N–H and O–H groups in total. The third-order valence-corrected chi connectivity index (χ3v) is 5.76. The predicted octanol–water partition coefficient (Wildman–Crippen LogP) is 3.80. The Morgan fingerprint density at radius 3 is 2.56 bits per heavy atom. The number of hydrogen-bond acceptors (Lipinski definition) is 6. The van der Waals surface area contributed by atoms with E-state index in [0.29, 0.717) is 43.2 Å². The van der Waals surface area contributed by atoms with Crippen molar-refractivity contribution in [1.82, 2.24) is 14.5 Å². The summed E-state index contributed by atoms with van der Waals surface area (Å²) in [5.41, 5.74) is 1.19. The van der Waals surface area contributed by atoms with E-state index in [1.165, 1.54) is 12.0 Å². The highest BCUT2D eigenvalue weighted by Crippen LogP contribution is 2.40. The molecule has 1 atom stereocenters. The number of aliphatic hydroxyl groups excluding tert-OH is 1. The zero-order chi connectivity index (χ0) is 24.1. The Morgan fingerprint density at radius 1 is 1.09 bits per heavy atom. The lowest BCUT2D eigenvalue weighted by molar-refractivity contribution is -0.139. The Labute approximate surface area is 198 Å². The molecular weight excluding hydrogens is 434 g/mol. The molecule has 3 aromatic rings. The molecule has 176 valence electrons. The first-order chi connectivity index (χ1) is 16.5. The lowest BCUT2D eigenvalue weighted by Gasteiger charge is -2.25. The third kappa shape index (κ3) is 4.66. The zero-order valence-corrected chi connectivity index (χ0v) is 19.2. The van der Waals surface area contributed by atoms with Crippen LogP contribution in [0.5, 0.6) is 11.5 Å². The fraction of sp³-hybridized carbons (Fsp3) is 0.269. The summed E-state index contributed by atoms with van der Waals surface area (Å²) in [7, 11) is 1.53. The monoisotopic (exact) mass is 461 g/mol. The summed E-state index contributed by atoms with van der Waals surface area (Å²) in [5.74, 6) is -0.337. The van der Waals surface area contributed by atoms with Gasteiger partial charge in [-0.15, -0.1) is 0 Å². The number of aliphatic hydroxyl groups is 1. The molecule has 2 aromatic carbocycles. The maximum Gasteiger partial charge on any atom is 0.295 e. The number of aromatic nitrogens is 2. The van der Waals surface area contributed by atoms with Gasteiger partial charge in [0.2, 0.25) is 0 Å². The lowest BCUT2D eigenvalue weighted by atomic mass is 9.95. The van der Waals surface area contributed by atoms with E-state index in [1.807, 2.05) is 29.8 Å². The van der Waals surface area contributed by atoms with Crippen molar-refractivity contribution >= 4 is 17.4 Å². The van der Waals surface area contributed by atoms with E-state index in [1.54, 1.807) is 48.9 Å². The number of amides is 1. The van der Waals surface area contributed by atoms with Crippen LogP contribution in [0.25, 0.3) is 5.76 Å². The average Bonchev–Trinajstić information content (AvgIpc) is 3.47. The van der Waals surface area contributed by atoms with Crippen molar-refractivity contribution in [3.8, 4) is 11.5 Å². The van der Waals surface area contributed by atoms with Crippen LogP contribution < -0.4 is 9.47 Å². The highest BCUT2D eigenvalue weighted by molar-refractivity contribution is 6.46. The van der Waals surface area contributed by atoms with Crippen LogP contribution in [0.4, 0.5) is 0 Å². The van der Waals surface area contributed by atoms with E-state index in [0.717, 1.165) is 5.56 Å². The normalized spacial score (nSPS) is 17.2. The summed E-state index contributed by atoms with van der Waals surface area (Å²) in [6, 6.07) is 13.3. The van der Waals surface area contributed by atoms with Crippen molar-refractivity contribution in [2.45, 2.75) is 25.9 Å². The van der Waals surface area contributed by atoms with Crippen LogP contribution in [-0.2, 0) is 16.1 Å². The third-order valence-electron chi connectivity index (χ3n) is 5.76. The molecule has 0 bridgehead atoms. The standard InChI is InChI=1S/C26H27N3O5/c1-3-34-20-10-8-18(9-11-20)23-22(24(30)19-6-4-7-21(16-19)33-2)25(31)26(32)29(23)14-5-13-28-15-12-27-17-28/h4,6-12,15-17,23,30H,3,5,13-14H2,1-2H3/t23-/m0/s1. The van der Waals surface area contributed by atoms with Crippen molar-refractivity contribution in [2.75, 3.05) is 20.3 Å². The largest absolute Gasteiger partial charge is 0.507 e. The second kappa shape index (κ2) is 10.2. The van der Waals surface area contributed by atoms with E-state index in [-0.39, 0.29) is 11.3 Å². The van der Waals surface area contributed by atoms with E-state index in [4.69, 9.17) is 9.47 Å². The molecule has 1 aliphatic rings. The summed E-state index contributed by atoms with van der Waals surface area (Å²) in [4.78, 5) is 31.8. The Morgan fingerprint density at radius 2 is 1.88 bits per heavy atom. The minimum absolute atomic E-state index is 0.0602. The Kier molecular flexibility index (Phi) is 6.96. The van der Waals surface area contributed by atoms with Crippen LogP contribution in [0.15, 0.2) is 72.8 Å². The van der Waals surface area contributed by atoms with Crippen LogP contribution in [0.1, 0.15) is 30.5 Å². The Balaban J connectivity index is 1.73. The number of methoxy groups -OCH3 is 1. The molecule has 1 aliphatic heterocycles. The molecule has 1 aromatic heterocycles. The van der Waals surface area contributed by atoms with Gasteiger partial charge in [-0.2, -0.15) is 0 Å². The molecule has 2 heterocycles. The Hall–Kier alpha value is -4.07. The van der Waals surface area contributed by atoms with Crippen molar-refractivity contribution in [3.05, 3.63) is 84.0 Å². The molecule has 0 spiro atoms. The summed E-state index contributed by atoms with van der Waals surface area (Å²) in [5, 5.41) is 11.2. The number of hydrogen-bond donors (Lipinski definition) is 1. The molecule has 1 fully saturated rings. The van der Waals surface area contributed by atoms with Gasteiger partial charge in [-0.25, -0.2) is 4.98 Å². The number of nitrogens with zero attached hydrogens (tertiary/aromatic N) is 3. The second-order valence-electron chi connectivity index (χ2n) is 7.88. The number of carbonyl (C=O) groups is 2. The minimum Gasteiger partial charge on any atom is -0.507 e. The van der Waals surface area contributed by atoms with Gasteiger partial charge in [0.15, 0.2) is 0 Å². The highest BCUT2D eigenvalue weighted by Gasteiger charge is 2.45. The zero-order valence-electron chi connectivity index (χ0n) is 19.2. The van der Waals surface area contributed by atoms with Gasteiger partial charge < -0.3 is 24.0 Å². The minimum atomic E-state index is -0.718. The van der Waals surface area contributed by atoms with E-state index in [9.17, 15) is 14.7 Å². The number of aryl methyl sites for hydroxylation is 1. The number of rotatable bonds is 9. The van der Waals surface area contributed by atoms with Gasteiger partial charge in [0.25, 0.3) is 11.7 Å². The molecule has 8 nitrogen and oxygen atoms in total. The summed E-state index contributed by atoms with van der Waals surface area (Å²) in [6.07, 6.45) is 5.87. The predicted molar refractivity (Wildman–Crippen MR) is 126 cm³/mol. The molecule has 0 radical (unpaired) electrons. The molecular formula is C26H27N3O5. The van der Waals surface area contributed by atoms with Gasteiger partial charge in [-0.3, -0.25) is 9.59 Å². The van der Waals surface area contributed by atoms with Gasteiger partial charge in [-0.05, 0) is 43.2 Å². The topological polar surface area (TPSA) is 93.9 Å². The molecule has 1 saturated heterocycles. The number of Topliss-reactive ketones (excluding diaryl/α,β-unsaturated/α-hetero) is 1. The van der Waals surface area contributed by atoms with Crippen LogP contribution in [0.3, 0.4) is 0 Å². The smallest absolute Gasteiger partial charge is 0.295 e. The van der Waals surface area contributed by atoms with E-state index in [2.05, 4.69) is 4.98 Å². The Bertz CT molecular complexity index is 1190. The van der Waals surface area contributed by atoms with Gasteiger partial charge in [0, 0.05) is 31.0 Å². The highest BCUT2D eigenvalue weighted by atomic mass is 16.5. The lowest BCUT2D eigenvalue weighted by Crippen LogP contribution is -2.31. The molecule has 0 saturated carbocycles. The second-order valence-corrected chi connectivity index (χ2v) is 7.88. The summed E-state index contributed by atoms with van der Waals surface area (Å²) >= 11 is 0. The van der Waals surface area contributed by atoms with Gasteiger partial charge in [0.05, 0.1) is 31.7 Å². The van der Waals surface area contributed by atoms with Crippen LogP contribution in [-0.4, -0.2) is 51.5 Å². The molecule has 0 unspecified atom stereocenters. The van der Waals surface area contributed by atoms with E-state index >= 15 is 0 Å². The summed E-state index contributed by atoms with van der Waals surface area (Å²) < 4.78 is 12.7.